The van der Waals surface area contributed by atoms with Gasteiger partial charge in [-0.2, -0.15) is 0 Å². The van der Waals surface area contributed by atoms with Gasteiger partial charge in [-0.25, -0.2) is 4.39 Å². The SMILES string of the molecule is CCC(C)C1NC(c2ccccc2F)N(C2CCC2)C1=O. The molecule has 3 nitrogen and oxygen atoms in total. The van der Waals surface area contributed by atoms with E-state index in [1.807, 2.05) is 11.0 Å². The monoisotopic (exact) mass is 290 g/mol. The third-order valence-electron chi connectivity index (χ3n) is 5.02. The van der Waals surface area contributed by atoms with Crippen LogP contribution in [0.4, 0.5) is 4.39 Å². The molecule has 1 saturated heterocycles. The zero-order chi connectivity index (χ0) is 15.0. The molecular formula is C17H23FN2O. The summed E-state index contributed by atoms with van der Waals surface area (Å²) in [6.45, 7) is 4.17. The molecule has 3 unspecified atom stereocenters. The summed E-state index contributed by atoms with van der Waals surface area (Å²) >= 11 is 0. The van der Waals surface area contributed by atoms with E-state index in [1.54, 1.807) is 12.1 Å². The minimum Gasteiger partial charge on any atom is -0.318 e. The van der Waals surface area contributed by atoms with Gasteiger partial charge < -0.3 is 4.90 Å². The number of hydrogen-bond donors (Lipinski definition) is 1. The highest BCUT2D eigenvalue weighted by molar-refractivity contribution is 5.85. The maximum Gasteiger partial charge on any atom is 0.241 e. The first kappa shape index (κ1) is 14.5. The Balaban J connectivity index is 1.93. The first-order valence-electron chi connectivity index (χ1n) is 7.96. The van der Waals surface area contributed by atoms with Gasteiger partial charge in [0.1, 0.15) is 12.0 Å². The topological polar surface area (TPSA) is 32.3 Å². The first-order valence-corrected chi connectivity index (χ1v) is 7.96. The lowest BCUT2D eigenvalue weighted by Gasteiger charge is -2.38. The summed E-state index contributed by atoms with van der Waals surface area (Å²) in [6.07, 6.45) is 3.85. The van der Waals surface area contributed by atoms with Crippen molar-refractivity contribution in [1.29, 1.82) is 0 Å². The van der Waals surface area contributed by atoms with Gasteiger partial charge >= 0.3 is 0 Å². The van der Waals surface area contributed by atoms with Crippen LogP contribution in [0.2, 0.25) is 0 Å². The van der Waals surface area contributed by atoms with Crippen molar-refractivity contribution in [2.24, 2.45) is 5.92 Å². The molecule has 2 aliphatic rings. The summed E-state index contributed by atoms with van der Waals surface area (Å²) in [5, 5.41) is 3.38. The van der Waals surface area contributed by atoms with E-state index in [0.717, 1.165) is 25.7 Å². The van der Waals surface area contributed by atoms with Crippen molar-refractivity contribution in [3.8, 4) is 0 Å². The highest BCUT2D eigenvalue weighted by Gasteiger charge is 2.46. The molecule has 2 fully saturated rings. The summed E-state index contributed by atoms with van der Waals surface area (Å²) in [4.78, 5) is 14.7. The summed E-state index contributed by atoms with van der Waals surface area (Å²) in [7, 11) is 0. The molecule has 1 heterocycles. The second-order valence-corrected chi connectivity index (χ2v) is 6.28. The molecule has 1 aromatic rings. The quantitative estimate of drug-likeness (QED) is 0.923. The van der Waals surface area contributed by atoms with Crippen molar-refractivity contribution in [3.05, 3.63) is 35.6 Å². The highest BCUT2D eigenvalue weighted by Crippen LogP contribution is 2.37. The number of nitrogens with zero attached hydrogens (tertiary/aromatic N) is 1. The fraction of sp³-hybridized carbons (Fsp3) is 0.588. The van der Waals surface area contributed by atoms with Crippen molar-refractivity contribution in [1.82, 2.24) is 10.2 Å². The minimum absolute atomic E-state index is 0.141. The van der Waals surface area contributed by atoms with Crippen LogP contribution in [0, 0.1) is 11.7 Å². The Hall–Kier alpha value is -1.42. The van der Waals surface area contributed by atoms with Crippen molar-refractivity contribution in [2.45, 2.75) is 57.8 Å². The Labute approximate surface area is 125 Å². The van der Waals surface area contributed by atoms with Gasteiger partial charge in [0.15, 0.2) is 0 Å². The van der Waals surface area contributed by atoms with E-state index in [-0.39, 0.29) is 35.9 Å². The minimum atomic E-state index is -0.317. The predicted molar refractivity (Wildman–Crippen MR) is 80.0 cm³/mol. The molecule has 1 aliphatic heterocycles. The second-order valence-electron chi connectivity index (χ2n) is 6.28. The Morgan fingerprint density at radius 2 is 2.10 bits per heavy atom. The van der Waals surface area contributed by atoms with Crippen LogP contribution >= 0.6 is 0 Å². The lowest BCUT2D eigenvalue weighted by atomic mass is 9.90. The maximum absolute atomic E-state index is 14.2. The predicted octanol–water partition coefficient (Wildman–Crippen LogP) is 3.22. The van der Waals surface area contributed by atoms with Crippen LogP contribution in [0.15, 0.2) is 24.3 Å². The number of benzene rings is 1. The average Bonchev–Trinajstić information content (AvgIpc) is 2.75. The van der Waals surface area contributed by atoms with Crippen molar-refractivity contribution >= 4 is 5.91 Å². The smallest absolute Gasteiger partial charge is 0.241 e. The van der Waals surface area contributed by atoms with Crippen LogP contribution in [0.3, 0.4) is 0 Å². The Morgan fingerprint density at radius 3 is 2.67 bits per heavy atom. The van der Waals surface area contributed by atoms with Gasteiger partial charge in [0, 0.05) is 11.6 Å². The van der Waals surface area contributed by atoms with Gasteiger partial charge in [-0.15, -0.1) is 0 Å². The number of rotatable bonds is 4. The molecule has 114 valence electrons. The average molecular weight is 290 g/mol. The number of hydrogen-bond acceptors (Lipinski definition) is 2. The van der Waals surface area contributed by atoms with Crippen LogP contribution in [0.25, 0.3) is 0 Å². The molecule has 3 atom stereocenters. The molecule has 3 rings (SSSR count). The molecular weight excluding hydrogens is 267 g/mol. The van der Waals surface area contributed by atoms with E-state index >= 15 is 0 Å². The summed E-state index contributed by atoms with van der Waals surface area (Å²) < 4.78 is 14.2. The molecule has 0 spiro atoms. The van der Waals surface area contributed by atoms with Crippen molar-refractivity contribution in [2.75, 3.05) is 0 Å². The molecule has 0 aromatic heterocycles. The van der Waals surface area contributed by atoms with Crippen LogP contribution in [0.5, 0.6) is 0 Å². The van der Waals surface area contributed by atoms with Crippen LogP contribution < -0.4 is 5.32 Å². The summed E-state index contributed by atoms with van der Waals surface area (Å²) in [5.74, 6) is 0.163. The molecule has 1 amide bonds. The van der Waals surface area contributed by atoms with Gasteiger partial charge in [0.2, 0.25) is 5.91 Å². The third-order valence-corrected chi connectivity index (χ3v) is 5.02. The Bertz CT molecular complexity index is 529. The zero-order valence-corrected chi connectivity index (χ0v) is 12.7. The number of carbonyl (C=O) groups is 1. The fourth-order valence-electron chi connectivity index (χ4n) is 3.24. The second kappa shape index (κ2) is 5.76. The van der Waals surface area contributed by atoms with Crippen molar-refractivity contribution < 1.29 is 9.18 Å². The fourth-order valence-corrected chi connectivity index (χ4v) is 3.24. The Kier molecular flexibility index (Phi) is 3.98. The number of amides is 1. The van der Waals surface area contributed by atoms with E-state index in [1.165, 1.54) is 6.07 Å². The molecule has 4 heteroatoms. The largest absolute Gasteiger partial charge is 0.318 e. The molecule has 0 radical (unpaired) electrons. The number of carbonyl (C=O) groups excluding carboxylic acids is 1. The van der Waals surface area contributed by atoms with Crippen LogP contribution in [0.1, 0.15) is 51.3 Å². The first-order chi connectivity index (χ1) is 10.1. The third kappa shape index (κ3) is 2.46. The van der Waals surface area contributed by atoms with E-state index in [0.29, 0.717) is 5.56 Å². The zero-order valence-electron chi connectivity index (χ0n) is 12.7. The highest BCUT2D eigenvalue weighted by atomic mass is 19.1. The molecule has 1 N–H and O–H groups in total. The van der Waals surface area contributed by atoms with E-state index in [2.05, 4.69) is 19.2 Å². The van der Waals surface area contributed by atoms with Gasteiger partial charge in [-0.3, -0.25) is 10.1 Å². The van der Waals surface area contributed by atoms with Gasteiger partial charge in [0.05, 0.1) is 6.04 Å². The molecule has 1 aromatic carbocycles. The van der Waals surface area contributed by atoms with Crippen molar-refractivity contribution in [3.63, 3.8) is 0 Å². The van der Waals surface area contributed by atoms with Gasteiger partial charge in [-0.1, -0.05) is 38.5 Å². The normalized spacial score (nSPS) is 27.8. The molecule has 21 heavy (non-hydrogen) atoms. The molecule has 1 saturated carbocycles. The van der Waals surface area contributed by atoms with E-state index in [9.17, 15) is 9.18 Å². The number of nitrogens with one attached hydrogen (secondary N) is 1. The maximum atomic E-state index is 14.2. The number of halogens is 1. The molecule has 1 aliphatic carbocycles. The van der Waals surface area contributed by atoms with E-state index < -0.39 is 0 Å². The summed E-state index contributed by atoms with van der Waals surface area (Å²) in [6, 6.07) is 6.85. The van der Waals surface area contributed by atoms with Crippen LogP contribution in [-0.2, 0) is 4.79 Å². The lowest BCUT2D eigenvalue weighted by molar-refractivity contribution is -0.134. The standard InChI is InChI=1S/C17H23FN2O/c1-3-11(2)15-17(21)20(12-7-6-8-12)16(19-15)13-9-4-5-10-14(13)18/h4-5,9-12,15-16,19H,3,6-8H2,1-2H3. The Morgan fingerprint density at radius 1 is 1.38 bits per heavy atom. The lowest BCUT2D eigenvalue weighted by Crippen LogP contribution is -2.44. The van der Waals surface area contributed by atoms with E-state index in [4.69, 9.17) is 0 Å². The summed E-state index contributed by atoms with van der Waals surface area (Å²) in [5.41, 5.74) is 0.587. The molecule has 0 bridgehead atoms. The van der Waals surface area contributed by atoms with Crippen LogP contribution in [-0.4, -0.2) is 22.9 Å². The van der Waals surface area contributed by atoms with Gasteiger partial charge in [-0.05, 0) is 31.2 Å². The van der Waals surface area contributed by atoms with Gasteiger partial charge in [0.25, 0.3) is 0 Å².